The number of methoxy groups -OCH3 is 1. The SMILES string of the molecule is CCCCN1C(=O)CC(=O)N(c2ccc(S(=O)(=O)[O-])cc2OC)C1=O.[Na+]. The third-order valence-corrected chi connectivity index (χ3v) is 4.52. The van der Waals surface area contributed by atoms with E-state index in [1.165, 1.54) is 7.11 Å². The zero-order chi connectivity index (χ0) is 18.8. The van der Waals surface area contributed by atoms with E-state index in [0.29, 0.717) is 6.42 Å². The van der Waals surface area contributed by atoms with Crippen molar-refractivity contribution in [3.8, 4) is 5.75 Å². The Balaban J connectivity index is 0.00000338. The summed E-state index contributed by atoms with van der Waals surface area (Å²) in [6, 6.07) is 2.22. The third kappa shape index (κ3) is 4.63. The Morgan fingerprint density at radius 3 is 2.38 bits per heavy atom. The van der Waals surface area contributed by atoms with E-state index in [-0.39, 0.29) is 47.5 Å². The molecular weight excluding hydrogens is 375 g/mol. The molecule has 2 rings (SSSR count). The van der Waals surface area contributed by atoms with Crippen LogP contribution in [0, 0.1) is 0 Å². The molecule has 1 aromatic carbocycles. The summed E-state index contributed by atoms with van der Waals surface area (Å²) >= 11 is 0. The fraction of sp³-hybridized carbons (Fsp3) is 0.400. The number of urea groups is 1. The molecule has 0 atom stereocenters. The number of unbranched alkanes of at least 4 members (excludes halogenated alkanes) is 1. The third-order valence-electron chi connectivity index (χ3n) is 3.69. The van der Waals surface area contributed by atoms with Crippen molar-refractivity contribution in [1.82, 2.24) is 4.90 Å². The van der Waals surface area contributed by atoms with E-state index in [4.69, 9.17) is 4.74 Å². The van der Waals surface area contributed by atoms with E-state index in [0.717, 1.165) is 34.4 Å². The maximum absolute atomic E-state index is 12.6. The van der Waals surface area contributed by atoms with Crippen LogP contribution in [0.3, 0.4) is 0 Å². The van der Waals surface area contributed by atoms with Gasteiger partial charge in [0.15, 0.2) is 0 Å². The van der Waals surface area contributed by atoms with Gasteiger partial charge in [-0.1, -0.05) is 13.3 Å². The number of carbonyl (C=O) groups is 3. The van der Waals surface area contributed by atoms with Crippen LogP contribution >= 0.6 is 0 Å². The number of barbiturate groups is 1. The zero-order valence-corrected chi connectivity index (χ0v) is 17.5. The Labute approximate surface area is 173 Å². The first-order chi connectivity index (χ1) is 11.7. The number of rotatable bonds is 6. The van der Waals surface area contributed by atoms with Crippen molar-refractivity contribution in [3.63, 3.8) is 0 Å². The number of hydrogen-bond acceptors (Lipinski definition) is 7. The van der Waals surface area contributed by atoms with Crippen molar-refractivity contribution in [2.45, 2.75) is 31.1 Å². The molecule has 9 nitrogen and oxygen atoms in total. The molecule has 0 radical (unpaired) electrons. The second kappa shape index (κ2) is 8.96. The molecule has 11 heteroatoms. The van der Waals surface area contributed by atoms with E-state index in [1.807, 2.05) is 6.92 Å². The summed E-state index contributed by atoms with van der Waals surface area (Å²) in [6.07, 6.45) is 0.856. The van der Waals surface area contributed by atoms with Gasteiger partial charge in [0.25, 0.3) is 0 Å². The van der Waals surface area contributed by atoms with Crippen molar-refractivity contribution in [2.75, 3.05) is 18.6 Å². The van der Waals surface area contributed by atoms with Gasteiger partial charge in [0.2, 0.25) is 11.8 Å². The Morgan fingerprint density at radius 1 is 1.19 bits per heavy atom. The standard InChI is InChI=1S/C15H18N2O7S.Na/c1-3-4-7-16-13(18)9-14(19)17(15(16)20)11-6-5-10(25(21,22)23)8-12(11)24-2;/h5-6,8H,3-4,7,9H2,1-2H3,(H,21,22,23);/q;+1/p-1. The van der Waals surface area contributed by atoms with Gasteiger partial charge in [-0.05, 0) is 24.6 Å². The van der Waals surface area contributed by atoms with Crippen LogP contribution in [0.25, 0.3) is 0 Å². The maximum atomic E-state index is 12.6. The van der Waals surface area contributed by atoms with E-state index >= 15 is 0 Å². The number of nitrogens with zero attached hydrogens (tertiary/aromatic N) is 2. The molecule has 0 aliphatic carbocycles. The Hall–Kier alpha value is -1.46. The maximum Gasteiger partial charge on any atom is 1.00 e. The van der Waals surface area contributed by atoms with E-state index in [1.54, 1.807) is 0 Å². The smallest absolute Gasteiger partial charge is 0.744 e. The molecule has 4 amide bonds. The van der Waals surface area contributed by atoms with E-state index in [9.17, 15) is 27.4 Å². The number of carbonyl (C=O) groups excluding carboxylic acids is 3. The average Bonchev–Trinajstić information content (AvgIpc) is 2.53. The van der Waals surface area contributed by atoms with Gasteiger partial charge in [0.1, 0.15) is 22.3 Å². The minimum atomic E-state index is -4.72. The molecule has 136 valence electrons. The number of benzene rings is 1. The number of anilines is 1. The molecule has 0 saturated carbocycles. The van der Waals surface area contributed by atoms with Crippen molar-refractivity contribution < 1.29 is 61.6 Å². The molecule has 0 N–H and O–H groups in total. The minimum Gasteiger partial charge on any atom is -0.744 e. The quantitative estimate of drug-likeness (QED) is 0.314. The fourth-order valence-electron chi connectivity index (χ4n) is 2.41. The largest absolute Gasteiger partial charge is 1.00 e. The molecule has 1 fully saturated rings. The van der Waals surface area contributed by atoms with Crippen LogP contribution in [-0.2, 0) is 19.7 Å². The summed E-state index contributed by atoms with van der Waals surface area (Å²) in [5.41, 5.74) is -0.0288. The first-order valence-electron chi connectivity index (χ1n) is 7.52. The van der Waals surface area contributed by atoms with Crippen LogP contribution in [0.2, 0.25) is 0 Å². The first-order valence-corrected chi connectivity index (χ1v) is 8.92. The summed E-state index contributed by atoms with van der Waals surface area (Å²) < 4.78 is 38.4. The Morgan fingerprint density at radius 2 is 1.85 bits per heavy atom. The fourth-order valence-corrected chi connectivity index (χ4v) is 2.90. The zero-order valence-electron chi connectivity index (χ0n) is 14.7. The predicted octanol–water partition coefficient (Wildman–Crippen LogP) is -1.91. The topological polar surface area (TPSA) is 124 Å². The van der Waals surface area contributed by atoms with Gasteiger partial charge < -0.3 is 9.29 Å². The van der Waals surface area contributed by atoms with Gasteiger partial charge in [-0.3, -0.25) is 14.5 Å². The van der Waals surface area contributed by atoms with Crippen LogP contribution in [0.4, 0.5) is 10.5 Å². The molecule has 1 aromatic rings. The predicted molar refractivity (Wildman–Crippen MR) is 85.1 cm³/mol. The summed E-state index contributed by atoms with van der Waals surface area (Å²) in [5.74, 6) is -1.47. The number of imide groups is 2. The van der Waals surface area contributed by atoms with E-state index in [2.05, 4.69) is 0 Å². The van der Waals surface area contributed by atoms with Gasteiger partial charge in [0.05, 0.1) is 17.7 Å². The Kier molecular flexibility index (Phi) is 7.78. The summed E-state index contributed by atoms with van der Waals surface area (Å²) in [6.45, 7) is 2.07. The van der Waals surface area contributed by atoms with Gasteiger partial charge in [0, 0.05) is 6.54 Å². The molecule has 26 heavy (non-hydrogen) atoms. The molecule has 1 aliphatic heterocycles. The van der Waals surface area contributed by atoms with Crippen LogP contribution in [0.1, 0.15) is 26.2 Å². The van der Waals surface area contributed by atoms with Crippen LogP contribution in [0.15, 0.2) is 23.1 Å². The number of amides is 4. The van der Waals surface area contributed by atoms with Crippen LogP contribution in [0.5, 0.6) is 5.75 Å². The summed E-state index contributed by atoms with van der Waals surface area (Å²) in [5, 5.41) is 0. The molecule has 0 bridgehead atoms. The van der Waals surface area contributed by atoms with Crippen molar-refractivity contribution in [2.24, 2.45) is 0 Å². The molecule has 1 aliphatic rings. The molecule has 1 saturated heterocycles. The van der Waals surface area contributed by atoms with E-state index < -0.39 is 39.3 Å². The van der Waals surface area contributed by atoms with Crippen molar-refractivity contribution in [1.29, 1.82) is 0 Å². The molecule has 0 unspecified atom stereocenters. The molecule has 0 spiro atoms. The summed E-state index contributed by atoms with van der Waals surface area (Å²) in [7, 11) is -3.52. The Bertz CT molecular complexity index is 825. The van der Waals surface area contributed by atoms with Gasteiger partial charge >= 0.3 is 35.6 Å². The normalized spacial score (nSPS) is 15.1. The van der Waals surface area contributed by atoms with Gasteiger partial charge in [-0.2, -0.15) is 0 Å². The second-order valence-electron chi connectivity index (χ2n) is 5.38. The second-order valence-corrected chi connectivity index (χ2v) is 6.75. The van der Waals surface area contributed by atoms with Crippen LogP contribution in [-0.4, -0.2) is 49.4 Å². The first kappa shape index (κ1) is 22.6. The monoisotopic (exact) mass is 392 g/mol. The van der Waals surface area contributed by atoms with Gasteiger partial charge in [-0.25, -0.2) is 18.1 Å². The minimum absolute atomic E-state index is 0. The average molecular weight is 392 g/mol. The van der Waals surface area contributed by atoms with Crippen molar-refractivity contribution >= 4 is 33.7 Å². The van der Waals surface area contributed by atoms with Crippen LogP contribution < -0.4 is 39.2 Å². The summed E-state index contributed by atoms with van der Waals surface area (Å²) in [4.78, 5) is 37.9. The van der Waals surface area contributed by atoms with Gasteiger partial charge in [-0.15, -0.1) is 0 Å². The van der Waals surface area contributed by atoms with Crippen molar-refractivity contribution in [3.05, 3.63) is 18.2 Å². The number of ether oxygens (including phenoxy) is 1. The number of hydrogen-bond donors (Lipinski definition) is 0. The molecule has 0 aromatic heterocycles. The molecule has 1 heterocycles. The molecular formula is C15H17N2NaO7S.